The van der Waals surface area contributed by atoms with Gasteiger partial charge >= 0.3 is 0 Å². The highest BCUT2D eigenvalue weighted by molar-refractivity contribution is 6.74. The molecule has 0 aromatic carbocycles. The van der Waals surface area contributed by atoms with E-state index in [-0.39, 0.29) is 16.2 Å². The molecule has 0 rings (SSSR count). The lowest BCUT2D eigenvalue weighted by molar-refractivity contribution is -0.117. The van der Waals surface area contributed by atoms with Gasteiger partial charge in [-0.15, -0.1) is 6.58 Å². The Labute approximate surface area is 139 Å². The Kier molecular flexibility index (Phi) is 7.04. The normalized spacial score (nSPS) is 17.0. The quantitative estimate of drug-likeness (QED) is 0.364. The summed E-state index contributed by atoms with van der Waals surface area (Å²) in [7, 11) is -4.02. The van der Waals surface area contributed by atoms with Gasteiger partial charge in [0, 0.05) is 0 Å². The first-order chi connectivity index (χ1) is 9.59. The first-order valence-corrected chi connectivity index (χ1v) is 13.8. The molecule has 5 heteroatoms. The molecule has 0 aliphatic rings. The van der Waals surface area contributed by atoms with Crippen molar-refractivity contribution in [1.82, 2.24) is 0 Å². The Balaban J connectivity index is 5.29. The molecule has 0 aliphatic carbocycles. The van der Waals surface area contributed by atoms with Gasteiger partial charge < -0.3 is 13.6 Å². The van der Waals surface area contributed by atoms with Crippen LogP contribution in [0.15, 0.2) is 12.7 Å². The van der Waals surface area contributed by atoms with E-state index in [4.69, 9.17) is 8.85 Å². The van der Waals surface area contributed by atoms with Crippen LogP contribution in [0.3, 0.4) is 0 Å². The Morgan fingerprint density at radius 3 is 1.36 bits per heavy atom. The van der Waals surface area contributed by atoms with Crippen LogP contribution in [0, 0.1) is 0 Å². The second kappa shape index (κ2) is 7.11. The molecule has 0 saturated carbocycles. The van der Waals surface area contributed by atoms with Crippen molar-refractivity contribution >= 4 is 22.9 Å². The van der Waals surface area contributed by atoms with Crippen LogP contribution >= 0.6 is 0 Å². The van der Waals surface area contributed by atoms with E-state index in [0.717, 1.165) is 6.29 Å². The minimum absolute atomic E-state index is 0.0525. The lowest BCUT2D eigenvalue weighted by Crippen LogP contribution is -2.51. The highest BCUT2D eigenvalue weighted by atomic mass is 28.4. The molecule has 0 radical (unpaired) electrons. The fraction of sp³-hybridized carbons (Fsp3) is 0.824. The van der Waals surface area contributed by atoms with Crippen LogP contribution in [-0.2, 0) is 13.6 Å². The molecule has 0 unspecified atom stereocenters. The van der Waals surface area contributed by atoms with Crippen LogP contribution in [-0.4, -0.2) is 35.1 Å². The van der Waals surface area contributed by atoms with Crippen LogP contribution in [0.1, 0.15) is 41.5 Å². The summed E-state index contributed by atoms with van der Waals surface area (Å²) in [5.74, 6) is 0. The largest absolute Gasteiger partial charge is 0.407 e. The van der Waals surface area contributed by atoms with Gasteiger partial charge in [0.1, 0.15) is 6.10 Å². The average molecular weight is 345 g/mol. The number of hydrogen-bond acceptors (Lipinski definition) is 3. The fourth-order valence-electron chi connectivity index (χ4n) is 1.46. The predicted octanol–water partition coefficient (Wildman–Crippen LogP) is 5.15. The summed E-state index contributed by atoms with van der Waals surface area (Å²) in [6, 6.07) is 0. The summed E-state index contributed by atoms with van der Waals surface area (Å²) in [5, 5.41) is 0.135. The van der Waals surface area contributed by atoms with Gasteiger partial charge in [-0.05, 0) is 36.3 Å². The van der Waals surface area contributed by atoms with E-state index < -0.39 is 22.7 Å². The SMILES string of the molecule is C=C[C@@H](O[Si](C)(C)C(C)(C)C)[C@@H](C=O)O[Si](C)(C)C(C)(C)C. The molecule has 130 valence electrons. The third-order valence-corrected chi connectivity index (χ3v) is 14.1. The third kappa shape index (κ3) is 5.44. The Hall–Kier alpha value is -0.236. The molecular weight excluding hydrogens is 308 g/mol. The first-order valence-electron chi connectivity index (χ1n) is 8.02. The molecule has 0 saturated heterocycles. The second-order valence-corrected chi connectivity index (χ2v) is 18.6. The molecule has 0 aromatic rings. The van der Waals surface area contributed by atoms with E-state index in [0.29, 0.717) is 0 Å². The fourth-order valence-corrected chi connectivity index (χ4v) is 3.94. The Morgan fingerprint density at radius 2 is 1.14 bits per heavy atom. The van der Waals surface area contributed by atoms with Crippen molar-refractivity contribution in [1.29, 1.82) is 0 Å². The molecule has 0 N–H and O–H groups in total. The standard InChI is InChI=1S/C17H36O3Si2/c1-12-14(19-21(8,9)16(2,3)4)15(13-18)20-22(10,11)17(5,6)7/h12-15H,1H2,2-11H3/t14-,15-/m1/s1. The zero-order chi connectivity index (χ0) is 18.0. The molecule has 0 aliphatic heterocycles. The maximum atomic E-state index is 11.6. The highest BCUT2D eigenvalue weighted by Crippen LogP contribution is 2.40. The van der Waals surface area contributed by atoms with Crippen LogP contribution in [0.25, 0.3) is 0 Å². The zero-order valence-electron chi connectivity index (χ0n) is 16.2. The van der Waals surface area contributed by atoms with Gasteiger partial charge in [-0.3, -0.25) is 0 Å². The molecule has 0 spiro atoms. The highest BCUT2D eigenvalue weighted by Gasteiger charge is 2.44. The van der Waals surface area contributed by atoms with Crippen molar-refractivity contribution in [2.45, 2.75) is 90.0 Å². The molecule has 0 aromatic heterocycles. The van der Waals surface area contributed by atoms with Crippen molar-refractivity contribution < 1.29 is 13.6 Å². The van der Waals surface area contributed by atoms with Crippen molar-refractivity contribution in [3.8, 4) is 0 Å². The van der Waals surface area contributed by atoms with Gasteiger partial charge in [0.15, 0.2) is 22.9 Å². The summed E-state index contributed by atoms with van der Waals surface area (Å²) in [6.07, 6.45) is 1.63. The maximum absolute atomic E-state index is 11.6. The zero-order valence-corrected chi connectivity index (χ0v) is 18.2. The van der Waals surface area contributed by atoms with Crippen molar-refractivity contribution in [2.75, 3.05) is 0 Å². The monoisotopic (exact) mass is 344 g/mol. The molecular formula is C17H36O3Si2. The van der Waals surface area contributed by atoms with Gasteiger partial charge in [-0.1, -0.05) is 47.6 Å². The van der Waals surface area contributed by atoms with E-state index in [1.165, 1.54) is 0 Å². The van der Waals surface area contributed by atoms with Crippen molar-refractivity contribution in [2.24, 2.45) is 0 Å². The van der Waals surface area contributed by atoms with E-state index in [9.17, 15) is 4.79 Å². The number of carbonyl (C=O) groups excluding carboxylic acids is 1. The summed E-state index contributed by atoms with van der Waals surface area (Å²) in [5.41, 5.74) is 0. The third-order valence-electron chi connectivity index (χ3n) is 5.16. The van der Waals surface area contributed by atoms with Gasteiger partial charge in [-0.25, -0.2) is 0 Å². The molecule has 0 bridgehead atoms. The number of rotatable bonds is 7. The summed E-state index contributed by atoms with van der Waals surface area (Å²) < 4.78 is 12.6. The van der Waals surface area contributed by atoms with Gasteiger partial charge in [0.2, 0.25) is 0 Å². The van der Waals surface area contributed by atoms with Crippen LogP contribution in [0.4, 0.5) is 0 Å². The maximum Gasteiger partial charge on any atom is 0.193 e. The Bertz CT molecular complexity index is 352. The summed E-state index contributed by atoms with van der Waals surface area (Å²) in [6.45, 7) is 25.6. The van der Waals surface area contributed by atoms with Crippen LogP contribution < -0.4 is 0 Å². The topological polar surface area (TPSA) is 35.5 Å². The van der Waals surface area contributed by atoms with E-state index in [1.54, 1.807) is 6.08 Å². The van der Waals surface area contributed by atoms with Gasteiger partial charge in [-0.2, -0.15) is 0 Å². The molecule has 2 atom stereocenters. The summed E-state index contributed by atoms with van der Waals surface area (Å²) in [4.78, 5) is 11.6. The van der Waals surface area contributed by atoms with E-state index in [1.807, 2.05) is 0 Å². The predicted molar refractivity (Wildman–Crippen MR) is 100 cm³/mol. The van der Waals surface area contributed by atoms with E-state index in [2.05, 4.69) is 74.3 Å². The average Bonchev–Trinajstić information content (AvgIpc) is 2.30. The molecule has 3 nitrogen and oxygen atoms in total. The minimum Gasteiger partial charge on any atom is -0.407 e. The number of aldehydes is 1. The summed E-state index contributed by atoms with van der Waals surface area (Å²) >= 11 is 0. The second-order valence-electron chi connectivity index (χ2n) is 9.06. The Morgan fingerprint density at radius 1 is 0.818 bits per heavy atom. The molecule has 0 fully saturated rings. The molecule has 0 heterocycles. The van der Waals surface area contributed by atoms with Crippen molar-refractivity contribution in [3.63, 3.8) is 0 Å². The molecule has 22 heavy (non-hydrogen) atoms. The first kappa shape index (κ1) is 21.8. The van der Waals surface area contributed by atoms with Gasteiger partial charge in [0.05, 0.1) is 6.10 Å². The van der Waals surface area contributed by atoms with E-state index >= 15 is 0 Å². The number of carbonyl (C=O) groups is 1. The van der Waals surface area contributed by atoms with Crippen LogP contribution in [0.2, 0.25) is 36.3 Å². The number of hydrogen-bond donors (Lipinski definition) is 0. The molecule has 0 amide bonds. The lowest BCUT2D eigenvalue weighted by atomic mass is 10.2. The lowest BCUT2D eigenvalue weighted by Gasteiger charge is -2.43. The minimum atomic E-state index is -2.03. The van der Waals surface area contributed by atoms with Gasteiger partial charge in [0.25, 0.3) is 0 Å². The smallest absolute Gasteiger partial charge is 0.193 e. The van der Waals surface area contributed by atoms with Crippen LogP contribution in [0.5, 0.6) is 0 Å². The van der Waals surface area contributed by atoms with Crippen molar-refractivity contribution in [3.05, 3.63) is 12.7 Å².